The summed E-state index contributed by atoms with van der Waals surface area (Å²) in [6.07, 6.45) is 4.39. The van der Waals surface area contributed by atoms with Crippen molar-refractivity contribution in [3.8, 4) is 11.5 Å². The monoisotopic (exact) mass is 432 g/mol. The van der Waals surface area contributed by atoms with Gasteiger partial charge in [-0.05, 0) is 69.7 Å². The topological polar surface area (TPSA) is 40.5 Å². The summed E-state index contributed by atoms with van der Waals surface area (Å²) in [5, 5.41) is 19.3. The molecule has 0 spiro atoms. The first-order chi connectivity index (χ1) is 7.07. The lowest BCUT2D eigenvalue weighted by Crippen LogP contribution is -1.92. The van der Waals surface area contributed by atoms with Crippen molar-refractivity contribution in [3.63, 3.8) is 0 Å². The Hall–Kier alpha value is 0.280. The van der Waals surface area contributed by atoms with E-state index >= 15 is 0 Å². The van der Waals surface area contributed by atoms with Crippen molar-refractivity contribution >= 4 is 45.2 Å². The third-order valence-electron chi connectivity index (χ3n) is 2.28. The molecule has 0 aliphatic heterocycles. The molecular weight excluding hydrogens is 418 g/mol. The van der Waals surface area contributed by atoms with Crippen LogP contribution < -0.4 is 0 Å². The first kappa shape index (κ1) is 13.3. The van der Waals surface area contributed by atoms with Gasteiger partial charge >= 0.3 is 0 Å². The Bertz CT molecular complexity index is 351. The molecule has 1 aromatic rings. The van der Waals surface area contributed by atoms with Gasteiger partial charge in [0.15, 0.2) is 0 Å². The maximum absolute atomic E-state index is 9.75. The predicted octanol–water partition coefficient (Wildman–Crippen LogP) is 4.04. The largest absolute Gasteiger partial charge is 0.507 e. The molecule has 0 heterocycles. The van der Waals surface area contributed by atoms with Gasteiger partial charge in [0.25, 0.3) is 0 Å². The Kier molecular flexibility index (Phi) is 5.45. The number of phenolic OH excluding ortho intramolecular Hbond substituents is 2. The summed E-state index contributed by atoms with van der Waals surface area (Å²) in [4.78, 5) is 0. The van der Waals surface area contributed by atoms with Crippen molar-refractivity contribution in [2.75, 3.05) is 0 Å². The molecule has 0 amide bonds. The first-order valence-corrected chi connectivity index (χ1v) is 7.12. The molecule has 0 aliphatic carbocycles. The highest BCUT2D eigenvalue weighted by Gasteiger charge is 2.12. The normalized spacial score (nSPS) is 10.6. The Morgan fingerprint density at radius 1 is 1.13 bits per heavy atom. The molecule has 0 atom stereocenters. The maximum Gasteiger partial charge on any atom is 0.146 e. The van der Waals surface area contributed by atoms with E-state index in [2.05, 4.69) is 29.5 Å². The summed E-state index contributed by atoms with van der Waals surface area (Å²) < 4.78 is 1.40. The zero-order valence-electron chi connectivity index (χ0n) is 8.56. The van der Waals surface area contributed by atoms with Gasteiger partial charge in [-0.15, -0.1) is 0 Å². The zero-order valence-corrected chi connectivity index (χ0v) is 12.9. The number of rotatable bonds is 4. The van der Waals surface area contributed by atoms with Crippen molar-refractivity contribution in [3.05, 3.63) is 18.8 Å². The van der Waals surface area contributed by atoms with Gasteiger partial charge in [-0.25, -0.2) is 0 Å². The van der Waals surface area contributed by atoms with Gasteiger partial charge < -0.3 is 10.2 Å². The zero-order chi connectivity index (χ0) is 11.4. The molecule has 0 unspecified atom stereocenters. The van der Waals surface area contributed by atoms with E-state index in [0.29, 0.717) is 3.57 Å². The van der Waals surface area contributed by atoms with Crippen LogP contribution in [0.1, 0.15) is 31.7 Å². The molecule has 0 saturated heterocycles. The van der Waals surface area contributed by atoms with E-state index in [9.17, 15) is 10.2 Å². The van der Waals surface area contributed by atoms with Gasteiger partial charge in [0, 0.05) is 0 Å². The lowest BCUT2D eigenvalue weighted by atomic mass is 10.1. The Morgan fingerprint density at radius 2 is 1.80 bits per heavy atom. The SMILES string of the molecule is CCCCCc1cc(O)c(I)c(O)c1I. The molecule has 15 heavy (non-hydrogen) atoms. The van der Waals surface area contributed by atoms with Crippen molar-refractivity contribution in [2.45, 2.75) is 32.6 Å². The van der Waals surface area contributed by atoms with Crippen LogP contribution in [0, 0.1) is 7.14 Å². The summed E-state index contributed by atoms with van der Waals surface area (Å²) in [5.41, 5.74) is 1.04. The van der Waals surface area contributed by atoms with Gasteiger partial charge in [-0.2, -0.15) is 0 Å². The smallest absolute Gasteiger partial charge is 0.146 e. The van der Waals surface area contributed by atoms with Crippen LogP contribution in [0.25, 0.3) is 0 Å². The highest BCUT2D eigenvalue weighted by atomic mass is 127. The molecule has 0 radical (unpaired) electrons. The molecule has 84 valence electrons. The Labute approximate surface area is 117 Å². The molecule has 1 rings (SSSR count). The molecule has 0 fully saturated rings. The van der Waals surface area contributed by atoms with Crippen LogP contribution in [0.2, 0.25) is 0 Å². The second-order valence-corrected chi connectivity index (χ2v) is 5.65. The number of benzene rings is 1. The van der Waals surface area contributed by atoms with Gasteiger partial charge in [-0.1, -0.05) is 19.8 Å². The van der Waals surface area contributed by atoms with Crippen molar-refractivity contribution in [2.24, 2.45) is 0 Å². The summed E-state index contributed by atoms with van der Waals surface area (Å²) in [6.45, 7) is 2.16. The molecular formula is C11H14I2O2. The fourth-order valence-electron chi connectivity index (χ4n) is 1.41. The molecule has 4 heteroatoms. The minimum Gasteiger partial charge on any atom is -0.507 e. The van der Waals surface area contributed by atoms with Gasteiger partial charge in [0.2, 0.25) is 0 Å². The van der Waals surface area contributed by atoms with E-state index < -0.39 is 0 Å². The molecule has 0 aliphatic rings. The Morgan fingerprint density at radius 3 is 2.40 bits per heavy atom. The van der Waals surface area contributed by atoms with E-state index in [1.54, 1.807) is 6.07 Å². The van der Waals surface area contributed by atoms with E-state index in [1.807, 2.05) is 22.6 Å². The summed E-state index contributed by atoms with van der Waals surface area (Å²) in [6, 6.07) is 1.76. The molecule has 0 bridgehead atoms. The average molecular weight is 432 g/mol. The van der Waals surface area contributed by atoms with Crippen molar-refractivity contribution in [1.82, 2.24) is 0 Å². The molecule has 0 aromatic heterocycles. The number of hydrogen-bond acceptors (Lipinski definition) is 2. The van der Waals surface area contributed by atoms with Crippen LogP contribution >= 0.6 is 45.2 Å². The van der Waals surface area contributed by atoms with E-state index in [0.717, 1.165) is 22.0 Å². The highest BCUT2D eigenvalue weighted by molar-refractivity contribution is 14.1. The van der Waals surface area contributed by atoms with E-state index in [-0.39, 0.29) is 11.5 Å². The minimum atomic E-state index is 0.181. The Balaban J connectivity index is 2.89. The number of aryl methyl sites for hydroxylation is 1. The van der Waals surface area contributed by atoms with Crippen molar-refractivity contribution in [1.29, 1.82) is 0 Å². The van der Waals surface area contributed by atoms with Crippen LogP contribution in [-0.4, -0.2) is 10.2 Å². The second kappa shape index (κ2) is 6.12. The predicted molar refractivity (Wildman–Crippen MR) is 78.4 cm³/mol. The fourth-order valence-corrected chi connectivity index (χ4v) is 3.05. The van der Waals surface area contributed by atoms with Crippen LogP contribution in [0.3, 0.4) is 0 Å². The third kappa shape index (κ3) is 3.37. The van der Waals surface area contributed by atoms with Crippen LogP contribution in [0.4, 0.5) is 0 Å². The summed E-state index contributed by atoms with van der Waals surface area (Å²) >= 11 is 4.08. The number of phenols is 2. The molecule has 0 saturated carbocycles. The lowest BCUT2D eigenvalue weighted by molar-refractivity contribution is 0.439. The van der Waals surface area contributed by atoms with Crippen LogP contribution in [-0.2, 0) is 6.42 Å². The van der Waals surface area contributed by atoms with Crippen LogP contribution in [0.5, 0.6) is 11.5 Å². The third-order valence-corrected chi connectivity index (χ3v) is 4.55. The number of unbranched alkanes of at least 4 members (excludes halogenated alkanes) is 2. The number of halogens is 2. The highest BCUT2D eigenvalue weighted by Crippen LogP contribution is 2.36. The van der Waals surface area contributed by atoms with Crippen LogP contribution in [0.15, 0.2) is 6.07 Å². The van der Waals surface area contributed by atoms with Gasteiger partial charge in [-0.3, -0.25) is 0 Å². The second-order valence-electron chi connectivity index (χ2n) is 3.49. The van der Waals surface area contributed by atoms with Gasteiger partial charge in [0.1, 0.15) is 11.5 Å². The number of hydrogen-bond donors (Lipinski definition) is 2. The summed E-state index contributed by atoms with van der Waals surface area (Å²) in [7, 11) is 0. The van der Waals surface area contributed by atoms with Crippen molar-refractivity contribution < 1.29 is 10.2 Å². The number of aromatic hydroxyl groups is 2. The summed E-state index contributed by atoms with van der Waals surface area (Å²) in [5.74, 6) is 0.391. The molecule has 2 nitrogen and oxygen atoms in total. The van der Waals surface area contributed by atoms with E-state index in [1.165, 1.54) is 12.8 Å². The average Bonchev–Trinajstić information content (AvgIpc) is 2.23. The minimum absolute atomic E-state index is 0.181. The molecule has 2 N–H and O–H groups in total. The first-order valence-electron chi connectivity index (χ1n) is 4.96. The standard InChI is InChI=1S/C11H14I2O2/c1-2-3-4-5-7-6-8(14)10(13)11(15)9(7)12/h6,14-15H,2-5H2,1H3. The van der Waals surface area contributed by atoms with E-state index in [4.69, 9.17) is 0 Å². The van der Waals surface area contributed by atoms with Gasteiger partial charge in [0.05, 0.1) is 7.14 Å². The molecule has 1 aromatic carbocycles. The quantitative estimate of drug-likeness (QED) is 0.558. The maximum atomic E-state index is 9.75. The lowest BCUT2D eigenvalue weighted by Gasteiger charge is -2.09. The fraction of sp³-hybridized carbons (Fsp3) is 0.455.